The van der Waals surface area contributed by atoms with E-state index in [1.165, 1.54) is 14.2 Å². The van der Waals surface area contributed by atoms with Crippen molar-refractivity contribution in [2.45, 2.75) is 20.8 Å². The van der Waals surface area contributed by atoms with Crippen LogP contribution >= 0.6 is 24.7 Å². The summed E-state index contributed by atoms with van der Waals surface area (Å²) < 4.78 is 40.2. The van der Waals surface area contributed by atoms with Crippen molar-refractivity contribution < 1.29 is 27.1 Å². The lowest BCUT2D eigenvalue weighted by Gasteiger charge is -2.27. The highest BCUT2D eigenvalue weighted by molar-refractivity contribution is 7.70. The second-order valence-corrected chi connectivity index (χ2v) is 12.7. The molecule has 0 aliphatic rings. The number of hydrogen-bond donors (Lipinski definition) is 1. The Morgan fingerprint density at radius 3 is 1.51 bits per heavy atom. The lowest BCUT2D eigenvalue weighted by molar-refractivity contribution is 0.358. The molecule has 3 unspecified atom stereocenters. The number of rotatable bonds is 12. The Kier molecular flexibility index (Phi) is 10.5. The molecule has 0 aliphatic heterocycles. The monoisotopic (exact) mass is 536 g/mol. The van der Waals surface area contributed by atoms with Crippen LogP contribution in [0.15, 0.2) is 77.3 Å². The Hall–Kier alpha value is -2.01. The highest BCUT2D eigenvalue weighted by atomic mass is 31.3. The number of nitrogens with zero attached hydrogens (tertiary/aromatic N) is 1. The largest absolute Gasteiger partial charge is 0.436 e. The average molecular weight is 536 g/mol. The zero-order chi connectivity index (χ0) is 25.3. The fourth-order valence-electron chi connectivity index (χ4n) is 2.69. The van der Waals surface area contributed by atoms with E-state index in [9.17, 15) is 0 Å². The summed E-state index contributed by atoms with van der Waals surface area (Å²) in [6.45, 7) is 6.03. The summed E-state index contributed by atoms with van der Waals surface area (Å²) >= 11 is 0. The summed E-state index contributed by atoms with van der Waals surface area (Å²) in [5.74, 6) is 1.84. The molecule has 3 aromatic carbocycles. The van der Waals surface area contributed by atoms with Gasteiger partial charge in [0.15, 0.2) is 0 Å². The molecule has 0 amide bonds. The Morgan fingerprint density at radius 2 is 1.09 bits per heavy atom. The molecule has 0 fully saturated rings. The van der Waals surface area contributed by atoms with E-state index in [0.717, 1.165) is 16.7 Å². The molecule has 3 aromatic rings. The van der Waals surface area contributed by atoms with Gasteiger partial charge in [-0.05, 0) is 57.2 Å². The number of hydrogen-bond acceptors (Lipinski definition) is 7. The van der Waals surface area contributed by atoms with Gasteiger partial charge in [0.25, 0.3) is 0 Å². The second-order valence-electron chi connectivity index (χ2n) is 7.47. The highest BCUT2D eigenvalue weighted by Crippen LogP contribution is 2.61. The first-order valence-corrected chi connectivity index (χ1v) is 14.6. The highest BCUT2D eigenvalue weighted by Gasteiger charge is 2.32. The van der Waals surface area contributed by atoms with Gasteiger partial charge in [-0.25, -0.2) is 0 Å². The van der Waals surface area contributed by atoms with Crippen LogP contribution in [0, 0.1) is 20.8 Å². The summed E-state index contributed by atoms with van der Waals surface area (Å²) in [6.07, 6.45) is 0. The average Bonchev–Trinajstić information content (AvgIpc) is 2.87. The van der Waals surface area contributed by atoms with Crippen molar-refractivity contribution in [1.29, 1.82) is 0 Å². The van der Waals surface area contributed by atoms with Crippen LogP contribution in [0.2, 0.25) is 0 Å². The van der Waals surface area contributed by atoms with Crippen LogP contribution in [-0.4, -0.2) is 21.3 Å². The Labute approximate surface area is 210 Å². The van der Waals surface area contributed by atoms with E-state index in [0.29, 0.717) is 17.2 Å². The number of benzene rings is 3. The van der Waals surface area contributed by atoms with Crippen molar-refractivity contribution in [2.75, 3.05) is 21.3 Å². The van der Waals surface area contributed by atoms with Gasteiger partial charge in [-0.2, -0.15) is 0 Å². The van der Waals surface area contributed by atoms with Crippen LogP contribution in [0.5, 0.6) is 17.2 Å². The van der Waals surface area contributed by atoms with Gasteiger partial charge in [0.05, 0.1) is 0 Å². The topological polar surface area (TPSA) is 79.8 Å². The van der Waals surface area contributed by atoms with Gasteiger partial charge < -0.3 is 27.1 Å². The summed E-state index contributed by atoms with van der Waals surface area (Å²) in [5.41, 5.74) is 3.35. The van der Waals surface area contributed by atoms with Gasteiger partial charge in [-0.3, -0.25) is 0 Å². The van der Waals surface area contributed by atoms with Crippen LogP contribution < -0.4 is 18.4 Å². The Balaban J connectivity index is 1.93. The molecule has 3 atom stereocenters. The lowest BCUT2D eigenvalue weighted by Crippen LogP contribution is -2.15. The van der Waals surface area contributed by atoms with Gasteiger partial charge in [0, 0.05) is 21.3 Å². The predicted octanol–water partition coefficient (Wildman–Crippen LogP) is 8.08. The molecule has 3 rings (SSSR count). The molecule has 188 valence electrons. The molecule has 35 heavy (non-hydrogen) atoms. The van der Waals surface area contributed by atoms with Crippen LogP contribution in [0.25, 0.3) is 0 Å². The third kappa shape index (κ3) is 8.56. The van der Waals surface area contributed by atoms with Crippen molar-refractivity contribution in [1.82, 2.24) is 4.86 Å². The summed E-state index contributed by atoms with van der Waals surface area (Å²) in [7, 11) is -2.09. The number of nitrogens with one attached hydrogen (secondary N) is 1. The van der Waals surface area contributed by atoms with Gasteiger partial charge in [-0.15, -0.1) is 9.37 Å². The molecule has 0 heterocycles. The second kappa shape index (κ2) is 13.3. The van der Waals surface area contributed by atoms with Crippen molar-refractivity contribution >= 4 is 24.7 Å². The molecule has 0 bridgehead atoms. The van der Waals surface area contributed by atoms with Crippen molar-refractivity contribution in [3.05, 3.63) is 89.5 Å². The normalized spacial score (nSPS) is 14.5. The van der Waals surface area contributed by atoms with Crippen molar-refractivity contribution in [2.24, 2.45) is 4.52 Å². The Morgan fingerprint density at radius 1 is 0.629 bits per heavy atom. The molecule has 0 aromatic heterocycles. The molecule has 1 N–H and O–H groups in total. The van der Waals surface area contributed by atoms with E-state index in [1.807, 2.05) is 93.6 Å². The van der Waals surface area contributed by atoms with Crippen molar-refractivity contribution in [3.63, 3.8) is 0 Å². The third-order valence-electron chi connectivity index (χ3n) is 4.63. The first-order valence-electron chi connectivity index (χ1n) is 10.7. The number of aryl methyl sites for hydroxylation is 3. The molecule has 0 radical (unpaired) electrons. The minimum atomic E-state index is -3.22. The Bertz CT molecular complexity index is 1110. The minimum absolute atomic E-state index is 0.574. The fourth-order valence-corrected chi connectivity index (χ4v) is 7.91. The van der Waals surface area contributed by atoms with Crippen LogP contribution in [0.4, 0.5) is 0 Å². The third-order valence-corrected chi connectivity index (χ3v) is 10.2. The van der Waals surface area contributed by atoms with E-state index < -0.39 is 24.7 Å². The predicted molar refractivity (Wildman–Crippen MR) is 143 cm³/mol. The van der Waals surface area contributed by atoms with Crippen LogP contribution in [-0.2, 0) is 13.6 Å². The standard InChI is InChI=1S/C24H31N2O6P3/c1-19-7-13-22(14-8-19)30-33(27-4)25-35(29-6,32-24-17-11-21(3)12-18-24)26-34(28-5)31-23-15-9-20(2)10-16-23/h7-18,25H,1-6H3. The van der Waals surface area contributed by atoms with Gasteiger partial charge >= 0.3 is 24.7 Å². The first-order chi connectivity index (χ1) is 16.8. The van der Waals surface area contributed by atoms with Crippen LogP contribution in [0.1, 0.15) is 16.7 Å². The van der Waals surface area contributed by atoms with E-state index in [4.69, 9.17) is 31.7 Å². The molecular weight excluding hydrogens is 505 g/mol. The fraction of sp³-hybridized carbons (Fsp3) is 0.250. The molecule has 11 heteroatoms. The maximum absolute atomic E-state index is 6.31. The lowest BCUT2D eigenvalue weighted by atomic mass is 10.2. The van der Waals surface area contributed by atoms with E-state index in [2.05, 4.69) is 4.86 Å². The SMILES string of the molecule is COP(N=P(NP(OC)Oc1ccc(C)cc1)(OC)Oc1ccc(C)cc1)Oc1ccc(C)cc1. The molecule has 0 saturated carbocycles. The minimum Gasteiger partial charge on any atom is -0.436 e. The summed E-state index contributed by atoms with van der Waals surface area (Å²) in [4.78, 5) is 3.23. The van der Waals surface area contributed by atoms with Crippen molar-refractivity contribution in [3.8, 4) is 17.2 Å². The molecule has 8 nitrogen and oxygen atoms in total. The maximum Gasteiger partial charge on any atom is 0.377 e. The zero-order valence-electron chi connectivity index (χ0n) is 20.7. The summed E-state index contributed by atoms with van der Waals surface area (Å²) in [5, 5.41) is 0. The van der Waals surface area contributed by atoms with Gasteiger partial charge in [0.2, 0.25) is 0 Å². The first kappa shape index (κ1) is 27.6. The molecule has 0 aliphatic carbocycles. The zero-order valence-corrected chi connectivity index (χ0v) is 23.3. The molecule has 0 saturated heterocycles. The van der Waals surface area contributed by atoms with Gasteiger partial charge in [-0.1, -0.05) is 53.1 Å². The maximum atomic E-state index is 6.31. The molecular formula is C24H31N2O6P3. The quantitative estimate of drug-likeness (QED) is 0.235. The van der Waals surface area contributed by atoms with E-state index in [-0.39, 0.29) is 0 Å². The van der Waals surface area contributed by atoms with Gasteiger partial charge in [0.1, 0.15) is 17.2 Å². The smallest absolute Gasteiger partial charge is 0.377 e. The summed E-state index contributed by atoms with van der Waals surface area (Å²) in [6, 6.07) is 22.9. The van der Waals surface area contributed by atoms with Crippen LogP contribution in [0.3, 0.4) is 0 Å². The van der Waals surface area contributed by atoms with E-state index in [1.54, 1.807) is 7.11 Å². The van der Waals surface area contributed by atoms with E-state index >= 15 is 0 Å². The molecule has 0 spiro atoms.